The Morgan fingerprint density at radius 1 is 1.12 bits per heavy atom. The molecular weight excluding hydrogens is 540 g/mol. The molecule has 43 heavy (non-hydrogen) atoms. The van der Waals surface area contributed by atoms with E-state index < -0.39 is 18.2 Å². The monoisotopic (exact) mass is 578 g/mol. The number of hydrogen-bond donors (Lipinski definition) is 2. The summed E-state index contributed by atoms with van der Waals surface area (Å²) in [7, 11) is 3.88. The zero-order valence-corrected chi connectivity index (χ0v) is 25.2. The van der Waals surface area contributed by atoms with Gasteiger partial charge in [0, 0.05) is 47.2 Å². The van der Waals surface area contributed by atoms with E-state index in [1.54, 1.807) is 25.3 Å². The number of carbonyl (C=O) groups is 2. The number of ether oxygens (including phenoxy) is 1. The normalized spacial score (nSPS) is 13.5. The zero-order chi connectivity index (χ0) is 31.1. The van der Waals surface area contributed by atoms with Crippen molar-refractivity contribution in [2.45, 2.75) is 39.5 Å². The summed E-state index contributed by atoms with van der Waals surface area (Å²) in [5.41, 5.74) is 11.3. The smallest absolute Gasteiger partial charge is 0.325 e. The van der Waals surface area contributed by atoms with Gasteiger partial charge in [-0.15, -0.1) is 0 Å². The number of rotatable bonds is 11. The van der Waals surface area contributed by atoms with Gasteiger partial charge >= 0.3 is 5.97 Å². The molecule has 2 aromatic carbocycles. The minimum absolute atomic E-state index is 0.0133. The average Bonchev–Trinajstić information content (AvgIpc) is 3.39. The van der Waals surface area contributed by atoms with Crippen LogP contribution < -0.4 is 11.1 Å². The molecule has 1 amide bonds. The van der Waals surface area contributed by atoms with Crippen LogP contribution in [0.1, 0.15) is 39.0 Å². The van der Waals surface area contributed by atoms with Gasteiger partial charge in [-0.25, -0.2) is 4.98 Å². The third kappa shape index (κ3) is 7.55. The van der Waals surface area contributed by atoms with Crippen LogP contribution in [0.3, 0.4) is 0 Å². The quantitative estimate of drug-likeness (QED) is 0.172. The Labute approximate surface area is 252 Å². The van der Waals surface area contributed by atoms with E-state index in [1.807, 2.05) is 92.1 Å². The first-order valence-electron chi connectivity index (χ1n) is 14.3. The summed E-state index contributed by atoms with van der Waals surface area (Å²) in [6.07, 6.45) is 7.07. The number of hydrogen-bond acceptors (Lipinski definition) is 7. The molecule has 3 atom stereocenters. The van der Waals surface area contributed by atoms with Gasteiger partial charge in [-0.1, -0.05) is 50.6 Å². The van der Waals surface area contributed by atoms with Crippen LogP contribution in [-0.2, 0) is 14.3 Å². The van der Waals surface area contributed by atoms with Crippen molar-refractivity contribution in [2.75, 3.05) is 26.0 Å². The molecule has 0 aliphatic carbocycles. The molecule has 0 saturated carbocycles. The van der Waals surface area contributed by atoms with E-state index in [0.29, 0.717) is 23.4 Å². The van der Waals surface area contributed by atoms with Gasteiger partial charge in [0.1, 0.15) is 11.7 Å². The molecule has 4 rings (SSSR count). The van der Waals surface area contributed by atoms with Crippen molar-refractivity contribution in [2.24, 2.45) is 11.7 Å². The highest BCUT2D eigenvalue weighted by Gasteiger charge is 2.25. The predicted octanol–water partition coefficient (Wildman–Crippen LogP) is 5.73. The molecule has 222 valence electrons. The van der Waals surface area contributed by atoms with E-state index >= 15 is 0 Å². The first-order valence-corrected chi connectivity index (χ1v) is 14.3. The number of fused-ring (bicyclic) bond motifs is 1. The van der Waals surface area contributed by atoms with Crippen molar-refractivity contribution < 1.29 is 14.3 Å². The summed E-state index contributed by atoms with van der Waals surface area (Å²) < 4.78 is 7.60. The largest absolute Gasteiger partial charge is 0.440 e. The predicted molar refractivity (Wildman–Crippen MR) is 170 cm³/mol. The number of anilines is 1. The summed E-state index contributed by atoms with van der Waals surface area (Å²) >= 11 is 0. The number of likely N-dealkylation sites (N-methyl/N-ethyl adjacent to an activating group) is 1. The number of amides is 1. The maximum atomic E-state index is 12.8. The van der Waals surface area contributed by atoms with Crippen LogP contribution in [0, 0.1) is 17.2 Å². The fraction of sp³-hybridized carbons (Fsp3) is 0.294. The van der Waals surface area contributed by atoms with Gasteiger partial charge in [0.25, 0.3) is 0 Å². The minimum atomic E-state index is -0.725. The Balaban J connectivity index is 1.73. The molecule has 0 spiro atoms. The van der Waals surface area contributed by atoms with Crippen LogP contribution >= 0.6 is 0 Å². The number of nitrogens with two attached hydrogens (primary N) is 1. The number of esters is 1. The van der Waals surface area contributed by atoms with Crippen molar-refractivity contribution in [3.63, 3.8) is 0 Å². The fourth-order valence-corrected chi connectivity index (χ4v) is 4.67. The number of nitriles is 1. The Hall–Kier alpha value is -4.78. The molecule has 9 nitrogen and oxygen atoms in total. The summed E-state index contributed by atoms with van der Waals surface area (Å²) in [6.45, 7) is 6.36. The molecule has 3 N–H and O–H groups in total. The lowest BCUT2D eigenvalue weighted by molar-refractivity contribution is -0.155. The van der Waals surface area contributed by atoms with E-state index in [0.717, 1.165) is 34.1 Å². The third-order valence-electron chi connectivity index (χ3n) is 7.38. The second kappa shape index (κ2) is 13.9. The molecule has 0 radical (unpaired) electrons. The topological polar surface area (TPSA) is 126 Å². The Bertz CT molecular complexity index is 1680. The molecule has 1 unspecified atom stereocenters. The van der Waals surface area contributed by atoms with Crippen molar-refractivity contribution >= 4 is 28.6 Å². The number of nitrogens with zero attached hydrogens (tertiary/aromatic N) is 4. The number of nitrogens with one attached hydrogen (secondary N) is 1. The number of benzene rings is 2. The summed E-state index contributed by atoms with van der Waals surface area (Å²) in [5, 5.41) is 13.2. The van der Waals surface area contributed by atoms with Gasteiger partial charge in [-0.05, 0) is 68.4 Å². The van der Waals surface area contributed by atoms with E-state index in [1.165, 1.54) is 6.08 Å². The first kappa shape index (κ1) is 31.2. The molecule has 2 aromatic heterocycles. The van der Waals surface area contributed by atoms with Crippen LogP contribution in [0.25, 0.3) is 33.3 Å². The van der Waals surface area contributed by atoms with Crippen LogP contribution in [-0.4, -0.2) is 53.0 Å². The van der Waals surface area contributed by atoms with E-state index in [2.05, 4.69) is 11.4 Å². The van der Waals surface area contributed by atoms with Crippen LogP contribution in [0.2, 0.25) is 0 Å². The first-order chi connectivity index (χ1) is 20.6. The summed E-state index contributed by atoms with van der Waals surface area (Å²) in [5.74, 6) is -0.689. The fourth-order valence-electron chi connectivity index (χ4n) is 4.67. The Morgan fingerprint density at radius 3 is 2.58 bits per heavy atom. The van der Waals surface area contributed by atoms with Crippen LogP contribution in [0.5, 0.6) is 0 Å². The summed E-state index contributed by atoms with van der Waals surface area (Å²) in [4.78, 5) is 32.0. The number of aromatic nitrogens is 2. The molecule has 0 aliphatic heterocycles. The van der Waals surface area contributed by atoms with Gasteiger partial charge in [-0.3, -0.25) is 14.2 Å². The van der Waals surface area contributed by atoms with Crippen molar-refractivity contribution in [1.82, 2.24) is 14.5 Å². The maximum Gasteiger partial charge on any atom is 0.325 e. The zero-order valence-electron chi connectivity index (χ0n) is 25.2. The minimum Gasteiger partial charge on any atom is -0.440 e. The van der Waals surface area contributed by atoms with Crippen molar-refractivity contribution in [3.8, 4) is 28.3 Å². The van der Waals surface area contributed by atoms with Crippen LogP contribution in [0.15, 0.2) is 79.1 Å². The van der Waals surface area contributed by atoms with E-state index in [9.17, 15) is 14.9 Å². The molecule has 0 aliphatic rings. The van der Waals surface area contributed by atoms with Gasteiger partial charge in [0.05, 0.1) is 11.6 Å². The highest BCUT2D eigenvalue weighted by molar-refractivity contribution is 6.00. The SMILES string of the molecule is CC[C@H](C)[C@H](N)C(=O)OC(C)n1cc(-c2cccc(C#N)c2)c2cc(-c3cccc(NC(=O)/C=C/CN(C)C)c3)cnc21. The van der Waals surface area contributed by atoms with E-state index in [4.69, 9.17) is 15.5 Å². The Morgan fingerprint density at radius 2 is 1.86 bits per heavy atom. The highest BCUT2D eigenvalue weighted by atomic mass is 16.6. The lowest BCUT2D eigenvalue weighted by Gasteiger charge is -2.21. The standard InChI is InChI=1S/C34H38N6O3/c1-6-22(2)32(36)34(42)43-23(3)40-21-30(26-12-7-10-24(16-26)19-35)29-18-27(20-37-33(29)40)25-11-8-13-28(17-25)38-31(41)14-9-15-39(4)5/h7-14,16-18,20-23,32H,6,15,36H2,1-5H3,(H,38,41)/b14-9+/t22-,23?,32-/m0/s1. The molecule has 0 saturated heterocycles. The molecule has 2 heterocycles. The maximum absolute atomic E-state index is 12.8. The molecule has 0 fully saturated rings. The van der Waals surface area contributed by atoms with Crippen LogP contribution in [0.4, 0.5) is 5.69 Å². The van der Waals surface area contributed by atoms with Gasteiger partial charge in [-0.2, -0.15) is 5.26 Å². The van der Waals surface area contributed by atoms with E-state index in [-0.39, 0.29) is 11.8 Å². The highest BCUT2D eigenvalue weighted by Crippen LogP contribution is 2.35. The average molecular weight is 579 g/mol. The molecule has 4 aromatic rings. The Kier molecular flexibility index (Phi) is 10.1. The lowest BCUT2D eigenvalue weighted by Crippen LogP contribution is -2.38. The molecular formula is C34H38N6O3. The lowest BCUT2D eigenvalue weighted by atomic mass is 10.0. The second-order valence-electron chi connectivity index (χ2n) is 10.9. The third-order valence-corrected chi connectivity index (χ3v) is 7.38. The number of pyridine rings is 1. The van der Waals surface area contributed by atoms with Crippen molar-refractivity contribution in [1.29, 1.82) is 5.26 Å². The van der Waals surface area contributed by atoms with Gasteiger partial charge in [0.15, 0.2) is 6.23 Å². The van der Waals surface area contributed by atoms with Gasteiger partial charge < -0.3 is 20.7 Å². The number of carbonyl (C=O) groups excluding carboxylic acids is 2. The summed E-state index contributed by atoms with van der Waals surface area (Å²) in [6, 6.07) is 18.4. The molecule has 0 bridgehead atoms. The second-order valence-corrected chi connectivity index (χ2v) is 10.9. The van der Waals surface area contributed by atoms with Crippen molar-refractivity contribution in [3.05, 3.63) is 84.7 Å². The van der Waals surface area contributed by atoms with Gasteiger partial charge in [0.2, 0.25) is 5.91 Å². The molecule has 9 heteroatoms.